The summed E-state index contributed by atoms with van der Waals surface area (Å²) < 4.78 is 7.11. The second-order valence-corrected chi connectivity index (χ2v) is 6.04. The first-order valence-electron chi connectivity index (χ1n) is 8.12. The van der Waals surface area contributed by atoms with E-state index in [-0.39, 0.29) is 5.91 Å². The molecular formula is C18H18N4O2. The second-order valence-electron chi connectivity index (χ2n) is 6.04. The zero-order chi connectivity index (χ0) is 16.5. The molecule has 0 radical (unpaired) electrons. The highest BCUT2D eigenvalue weighted by Gasteiger charge is 2.24. The van der Waals surface area contributed by atoms with Gasteiger partial charge in [-0.05, 0) is 56.0 Å². The molecule has 4 rings (SSSR count). The molecule has 0 spiro atoms. The van der Waals surface area contributed by atoms with Gasteiger partial charge in [0.1, 0.15) is 5.76 Å². The highest BCUT2D eigenvalue weighted by atomic mass is 16.5. The van der Waals surface area contributed by atoms with Gasteiger partial charge >= 0.3 is 0 Å². The van der Waals surface area contributed by atoms with Crippen LogP contribution >= 0.6 is 0 Å². The minimum absolute atomic E-state index is 0.211. The van der Waals surface area contributed by atoms with Crippen LogP contribution in [-0.4, -0.2) is 20.8 Å². The molecule has 0 aliphatic heterocycles. The van der Waals surface area contributed by atoms with Crippen molar-refractivity contribution in [3.05, 3.63) is 59.2 Å². The molecule has 0 fully saturated rings. The van der Waals surface area contributed by atoms with Crippen LogP contribution in [0.3, 0.4) is 0 Å². The summed E-state index contributed by atoms with van der Waals surface area (Å²) in [6.07, 6.45) is 7.52. The monoisotopic (exact) mass is 322 g/mol. The van der Waals surface area contributed by atoms with E-state index in [4.69, 9.17) is 4.52 Å². The number of carbonyl (C=O) groups is 1. The molecule has 6 nitrogen and oxygen atoms in total. The van der Waals surface area contributed by atoms with Gasteiger partial charge in [-0.2, -0.15) is 5.10 Å². The summed E-state index contributed by atoms with van der Waals surface area (Å²) in [5.41, 5.74) is 4.07. The van der Waals surface area contributed by atoms with E-state index in [1.807, 2.05) is 37.4 Å². The molecular weight excluding hydrogens is 304 g/mol. The van der Waals surface area contributed by atoms with Gasteiger partial charge in [0.2, 0.25) is 0 Å². The molecule has 1 aromatic carbocycles. The van der Waals surface area contributed by atoms with Crippen molar-refractivity contribution in [1.29, 1.82) is 0 Å². The predicted molar refractivity (Wildman–Crippen MR) is 89.4 cm³/mol. The van der Waals surface area contributed by atoms with Gasteiger partial charge in [-0.3, -0.25) is 4.79 Å². The van der Waals surface area contributed by atoms with Crippen LogP contribution in [0, 0.1) is 6.92 Å². The Hall–Kier alpha value is -2.89. The van der Waals surface area contributed by atoms with Gasteiger partial charge in [-0.1, -0.05) is 5.16 Å². The maximum atomic E-state index is 12.6. The van der Waals surface area contributed by atoms with Gasteiger partial charge < -0.3 is 9.84 Å². The Balaban J connectivity index is 1.57. The summed E-state index contributed by atoms with van der Waals surface area (Å²) in [5, 5.41) is 11.1. The van der Waals surface area contributed by atoms with E-state index in [1.54, 1.807) is 10.9 Å². The molecule has 2 heterocycles. The first-order valence-corrected chi connectivity index (χ1v) is 8.12. The zero-order valence-electron chi connectivity index (χ0n) is 13.5. The molecule has 0 unspecified atom stereocenters. The van der Waals surface area contributed by atoms with Gasteiger partial charge in [0.15, 0.2) is 5.69 Å². The summed E-state index contributed by atoms with van der Waals surface area (Å²) in [6, 6.07) is 7.67. The van der Waals surface area contributed by atoms with Crippen LogP contribution in [0.2, 0.25) is 0 Å². The van der Waals surface area contributed by atoms with Gasteiger partial charge in [0, 0.05) is 30.1 Å². The molecule has 0 atom stereocenters. The van der Waals surface area contributed by atoms with Crippen molar-refractivity contribution in [2.24, 2.45) is 0 Å². The molecule has 24 heavy (non-hydrogen) atoms. The van der Waals surface area contributed by atoms with Crippen molar-refractivity contribution in [2.75, 3.05) is 5.32 Å². The number of fused-ring (bicyclic) bond motifs is 1. The SMILES string of the molecule is Cc1cc(-n2cccn2)ccc1NC(=O)c1noc2c1CCCC2. The van der Waals surface area contributed by atoms with Gasteiger partial charge in [-0.15, -0.1) is 0 Å². The number of aryl methyl sites for hydroxylation is 2. The standard InChI is InChI=1S/C18H18N4O2/c1-12-11-13(22-10-4-9-19-22)7-8-15(12)20-18(23)17-14-5-2-3-6-16(14)24-21-17/h4,7-11H,2-3,5-6H2,1H3,(H,20,23). The number of carbonyl (C=O) groups excluding carboxylic acids is 1. The Labute approximate surface area is 139 Å². The number of nitrogens with one attached hydrogen (secondary N) is 1. The zero-order valence-corrected chi connectivity index (χ0v) is 13.5. The minimum Gasteiger partial charge on any atom is -0.360 e. The number of anilines is 1. The Kier molecular flexibility index (Phi) is 3.65. The number of benzene rings is 1. The van der Waals surface area contributed by atoms with Crippen molar-refractivity contribution in [1.82, 2.24) is 14.9 Å². The normalized spacial score (nSPS) is 13.5. The summed E-state index contributed by atoms with van der Waals surface area (Å²) in [4.78, 5) is 12.6. The highest BCUT2D eigenvalue weighted by Crippen LogP contribution is 2.25. The highest BCUT2D eigenvalue weighted by molar-refractivity contribution is 6.04. The third kappa shape index (κ3) is 2.60. The van der Waals surface area contributed by atoms with E-state index >= 15 is 0 Å². The van der Waals surface area contributed by atoms with Crippen LogP contribution in [0.15, 0.2) is 41.2 Å². The Morgan fingerprint density at radius 1 is 1.29 bits per heavy atom. The number of hydrogen-bond acceptors (Lipinski definition) is 4. The largest absolute Gasteiger partial charge is 0.360 e. The molecule has 1 N–H and O–H groups in total. The van der Waals surface area contributed by atoms with Crippen molar-refractivity contribution in [3.8, 4) is 5.69 Å². The summed E-state index contributed by atoms with van der Waals surface area (Å²) in [5.74, 6) is 0.647. The third-order valence-corrected chi connectivity index (χ3v) is 4.39. The van der Waals surface area contributed by atoms with Crippen molar-refractivity contribution in [2.45, 2.75) is 32.6 Å². The number of amides is 1. The molecule has 1 aliphatic rings. The third-order valence-electron chi connectivity index (χ3n) is 4.39. The van der Waals surface area contributed by atoms with E-state index in [9.17, 15) is 4.79 Å². The van der Waals surface area contributed by atoms with Gasteiger partial charge in [0.25, 0.3) is 5.91 Å². The first kappa shape index (κ1) is 14.7. The van der Waals surface area contributed by atoms with E-state index in [2.05, 4.69) is 15.6 Å². The molecule has 6 heteroatoms. The maximum Gasteiger partial charge on any atom is 0.278 e. The Bertz CT molecular complexity index is 881. The molecule has 3 aromatic rings. The second kappa shape index (κ2) is 5.96. The van der Waals surface area contributed by atoms with Crippen LogP contribution in [0.4, 0.5) is 5.69 Å². The molecule has 0 saturated carbocycles. The topological polar surface area (TPSA) is 73.0 Å². The van der Waals surface area contributed by atoms with Crippen molar-refractivity contribution in [3.63, 3.8) is 0 Å². The molecule has 0 saturated heterocycles. The molecule has 2 aromatic heterocycles. The van der Waals surface area contributed by atoms with E-state index in [0.717, 1.165) is 53.9 Å². The lowest BCUT2D eigenvalue weighted by molar-refractivity contribution is 0.101. The first-order chi connectivity index (χ1) is 11.7. The van der Waals surface area contributed by atoms with E-state index in [0.29, 0.717) is 5.69 Å². The van der Waals surface area contributed by atoms with Gasteiger partial charge in [-0.25, -0.2) is 4.68 Å². The van der Waals surface area contributed by atoms with Crippen molar-refractivity contribution >= 4 is 11.6 Å². The van der Waals surface area contributed by atoms with Crippen LogP contribution in [0.1, 0.15) is 40.2 Å². The van der Waals surface area contributed by atoms with Crippen molar-refractivity contribution < 1.29 is 9.32 Å². The van der Waals surface area contributed by atoms with Crippen LogP contribution < -0.4 is 5.32 Å². The quantitative estimate of drug-likeness (QED) is 0.803. The average molecular weight is 322 g/mol. The Morgan fingerprint density at radius 3 is 2.96 bits per heavy atom. The fourth-order valence-electron chi connectivity index (χ4n) is 3.10. The molecule has 122 valence electrons. The number of aromatic nitrogens is 3. The predicted octanol–water partition coefficient (Wildman–Crippen LogP) is 3.30. The fourth-order valence-corrected chi connectivity index (χ4v) is 3.10. The van der Waals surface area contributed by atoms with Crippen LogP contribution in [0.25, 0.3) is 5.69 Å². The lowest BCUT2D eigenvalue weighted by Gasteiger charge is -2.11. The maximum absolute atomic E-state index is 12.6. The Morgan fingerprint density at radius 2 is 2.17 bits per heavy atom. The number of hydrogen-bond donors (Lipinski definition) is 1. The lowest BCUT2D eigenvalue weighted by atomic mass is 9.96. The minimum atomic E-state index is -0.211. The fraction of sp³-hybridized carbons (Fsp3) is 0.278. The van der Waals surface area contributed by atoms with E-state index in [1.165, 1.54) is 0 Å². The van der Waals surface area contributed by atoms with E-state index < -0.39 is 0 Å². The van der Waals surface area contributed by atoms with Gasteiger partial charge in [0.05, 0.1) is 5.69 Å². The molecule has 0 bridgehead atoms. The molecule has 1 aliphatic carbocycles. The summed E-state index contributed by atoms with van der Waals surface area (Å²) >= 11 is 0. The van der Waals surface area contributed by atoms with Crippen LogP contribution in [0.5, 0.6) is 0 Å². The number of rotatable bonds is 3. The average Bonchev–Trinajstić information content (AvgIpc) is 3.26. The smallest absolute Gasteiger partial charge is 0.278 e. The summed E-state index contributed by atoms with van der Waals surface area (Å²) in [6.45, 7) is 1.96. The number of nitrogens with zero attached hydrogens (tertiary/aromatic N) is 3. The molecule has 1 amide bonds. The van der Waals surface area contributed by atoms with Crippen LogP contribution in [-0.2, 0) is 12.8 Å². The lowest BCUT2D eigenvalue weighted by Crippen LogP contribution is -2.16. The summed E-state index contributed by atoms with van der Waals surface area (Å²) in [7, 11) is 0.